The summed E-state index contributed by atoms with van der Waals surface area (Å²) in [6.45, 7) is 6.17. The van der Waals surface area contributed by atoms with Crippen LogP contribution in [0.5, 0.6) is 5.75 Å². The van der Waals surface area contributed by atoms with E-state index in [0.29, 0.717) is 5.75 Å². The third kappa shape index (κ3) is 4.23. The molecule has 1 heteroatoms. The Morgan fingerprint density at radius 2 is 0.870 bits per heavy atom. The SMILES string of the molecule is CC.CCc1ccc(-c2ccc(-c3ccc(O)cc3)cc2)cc1. The number of aryl methyl sites for hydroxylation is 1. The maximum Gasteiger partial charge on any atom is 0.115 e. The number of hydrogen-bond acceptors (Lipinski definition) is 1. The summed E-state index contributed by atoms with van der Waals surface area (Å²) < 4.78 is 0. The van der Waals surface area contributed by atoms with Crippen molar-refractivity contribution in [2.45, 2.75) is 27.2 Å². The van der Waals surface area contributed by atoms with Gasteiger partial charge in [-0.3, -0.25) is 0 Å². The van der Waals surface area contributed by atoms with Crippen LogP contribution in [-0.4, -0.2) is 5.11 Å². The van der Waals surface area contributed by atoms with E-state index in [2.05, 4.69) is 55.5 Å². The fourth-order valence-electron chi connectivity index (χ4n) is 2.44. The predicted octanol–water partition coefficient (Wildman–Crippen LogP) is 6.31. The Morgan fingerprint density at radius 3 is 1.22 bits per heavy atom. The third-order valence-electron chi connectivity index (χ3n) is 3.78. The van der Waals surface area contributed by atoms with Gasteiger partial charge in [0.2, 0.25) is 0 Å². The molecule has 0 atom stereocenters. The highest BCUT2D eigenvalue weighted by molar-refractivity contribution is 5.70. The highest BCUT2D eigenvalue weighted by Gasteiger charge is 2.01. The van der Waals surface area contributed by atoms with Crippen molar-refractivity contribution in [1.82, 2.24) is 0 Å². The van der Waals surface area contributed by atoms with Gasteiger partial charge in [0, 0.05) is 0 Å². The van der Waals surface area contributed by atoms with E-state index in [9.17, 15) is 5.11 Å². The molecule has 3 rings (SSSR count). The van der Waals surface area contributed by atoms with Crippen LogP contribution < -0.4 is 0 Å². The van der Waals surface area contributed by atoms with E-state index in [4.69, 9.17) is 0 Å². The molecular formula is C22H24O. The van der Waals surface area contributed by atoms with Crippen molar-refractivity contribution in [2.24, 2.45) is 0 Å². The standard InChI is InChI=1S/C20H18O.C2H6/c1-2-15-3-5-16(6-4-15)17-7-9-18(10-8-17)19-11-13-20(21)14-12-19;1-2/h3-14,21H,2H2,1H3;1-2H3. The van der Waals surface area contributed by atoms with Crippen LogP contribution in [-0.2, 0) is 6.42 Å². The molecule has 0 aromatic heterocycles. The number of rotatable bonds is 3. The van der Waals surface area contributed by atoms with Crippen LogP contribution in [0, 0.1) is 0 Å². The summed E-state index contributed by atoms with van der Waals surface area (Å²) in [6, 6.07) is 24.5. The first-order valence-corrected chi connectivity index (χ1v) is 8.25. The summed E-state index contributed by atoms with van der Waals surface area (Å²) in [5, 5.41) is 9.34. The zero-order valence-corrected chi connectivity index (χ0v) is 14.1. The van der Waals surface area contributed by atoms with Crippen LogP contribution in [0.2, 0.25) is 0 Å². The van der Waals surface area contributed by atoms with Crippen molar-refractivity contribution in [3.05, 3.63) is 78.4 Å². The first-order chi connectivity index (χ1) is 11.3. The zero-order chi connectivity index (χ0) is 16.7. The first-order valence-electron chi connectivity index (χ1n) is 8.25. The molecule has 0 aliphatic heterocycles. The highest BCUT2D eigenvalue weighted by Crippen LogP contribution is 2.26. The molecule has 0 spiro atoms. The van der Waals surface area contributed by atoms with E-state index in [1.54, 1.807) is 12.1 Å². The van der Waals surface area contributed by atoms with Gasteiger partial charge in [-0.25, -0.2) is 0 Å². The highest BCUT2D eigenvalue weighted by atomic mass is 16.3. The van der Waals surface area contributed by atoms with Crippen LogP contribution in [0.1, 0.15) is 26.3 Å². The van der Waals surface area contributed by atoms with Crippen LogP contribution in [0.4, 0.5) is 0 Å². The van der Waals surface area contributed by atoms with Gasteiger partial charge in [0.15, 0.2) is 0 Å². The number of aromatic hydroxyl groups is 1. The Labute approximate surface area is 139 Å². The Kier molecular flexibility index (Phi) is 5.99. The second kappa shape index (κ2) is 8.19. The third-order valence-corrected chi connectivity index (χ3v) is 3.78. The molecule has 1 nitrogen and oxygen atoms in total. The zero-order valence-electron chi connectivity index (χ0n) is 14.1. The van der Waals surface area contributed by atoms with Crippen LogP contribution >= 0.6 is 0 Å². The molecule has 0 aliphatic carbocycles. The molecule has 0 bridgehead atoms. The largest absolute Gasteiger partial charge is 0.508 e. The molecule has 3 aromatic carbocycles. The van der Waals surface area contributed by atoms with Gasteiger partial charge in [-0.15, -0.1) is 0 Å². The Balaban J connectivity index is 0.000000924. The average Bonchev–Trinajstić information content (AvgIpc) is 2.64. The monoisotopic (exact) mass is 304 g/mol. The lowest BCUT2D eigenvalue weighted by molar-refractivity contribution is 0.475. The molecule has 23 heavy (non-hydrogen) atoms. The van der Waals surface area contributed by atoms with E-state index < -0.39 is 0 Å². The van der Waals surface area contributed by atoms with Crippen molar-refractivity contribution in [3.63, 3.8) is 0 Å². The van der Waals surface area contributed by atoms with Gasteiger partial charge in [-0.2, -0.15) is 0 Å². The molecule has 0 amide bonds. The van der Waals surface area contributed by atoms with E-state index in [-0.39, 0.29) is 0 Å². The molecule has 0 saturated heterocycles. The van der Waals surface area contributed by atoms with Gasteiger partial charge in [0.05, 0.1) is 0 Å². The van der Waals surface area contributed by atoms with Gasteiger partial charge >= 0.3 is 0 Å². The van der Waals surface area contributed by atoms with Crippen LogP contribution in [0.25, 0.3) is 22.3 Å². The van der Waals surface area contributed by atoms with Gasteiger partial charge in [0.25, 0.3) is 0 Å². The second-order valence-corrected chi connectivity index (χ2v) is 5.17. The van der Waals surface area contributed by atoms with Crippen LogP contribution in [0.3, 0.4) is 0 Å². The van der Waals surface area contributed by atoms with Crippen molar-refractivity contribution in [3.8, 4) is 28.0 Å². The molecular weight excluding hydrogens is 280 g/mol. The van der Waals surface area contributed by atoms with E-state index in [0.717, 1.165) is 17.5 Å². The normalized spacial score (nSPS) is 9.87. The summed E-state index contributed by atoms with van der Waals surface area (Å²) in [5.74, 6) is 0.298. The van der Waals surface area contributed by atoms with E-state index >= 15 is 0 Å². The lowest BCUT2D eigenvalue weighted by Gasteiger charge is -2.06. The van der Waals surface area contributed by atoms with Gasteiger partial charge in [-0.1, -0.05) is 81.4 Å². The minimum atomic E-state index is 0.298. The second-order valence-electron chi connectivity index (χ2n) is 5.17. The quantitative estimate of drug-likeness (QED) is 0.600. The molecule has 0 heterocycles. The summed E-state index contributed by atoms with van der Waals surface area (Å²) in [4.78, 5) is 0. The smallest absolute Gasteiger partial charge is 0.115 e. The predicted molar refractivity (Wildman–Crippen MR) is 99.7 cm³/mol. The number of phenolic OH excluding ortho intramolecular Hbond substituents is 1. The topological polar surface area (TPSA) is 20.2 Å². The molecule has 0 aliphatic rings. The van der Waals surface area contributed by atoms with Crippen molar-refractivity contribution < 1.29 is 5.11 Å². The fraction of sp³-hybridized carbons (Fsp3) is 0.182. The molecule has 0 radical (unpaired) electrons. The van der Waals surface area contributed by atoms with Gasteiger partial charge in [0.1, 0.15) is 5.75 Å². The number of phenols is 1. The average molecular weight is 304 g/mol. The van der Waals surface area contributed by atoms with Gasteiger partial charge in [-0.05, 0) is 46.4 Å². The summed E-state index contributed by atoms with van der Waals surface area (Å²) in [7, 11) is 0. The van der Waals surface area contributed by atoms with E-state index in [1.165, 1.54) is 16.7 Å². The van der Waals surface area contributed by atoms with Crippen LogP contribution in [0.15, 0.2) is 72.8 Å². The van der Waals surface area contributed by atoms with Crippen molar-refractivity contribution in [1.29, 1.82) is 0 Å². The Hall–Kier alpha value is -2.54. The lowest BCUT2D eigenvalue weighted by atomic mass is 9.99. The summed E-state index contributed by atoms with van der Waals surface area (Å²) >= 11 is 0. The minimum absolute atomic E-state index is 0.298. The minimum Gasteiger partial charge on any atom is -0.508 e. The maximum absolute atomic E-state index is 9.34. The van der Waals surface area contributed by atoms with Crippen molar-refractivity contribution in [2.75, 3.05) is 0 Å². The van der Waals surface area contributed by atoms with Crippen molar-refractivity contribution >= 4 is 0 Å². The number of hydrogen-bond donors (Lipinski definition) is 1. The molecule has 3 aromatic rings. The lowest BCUT2D eigenvalue weighted by Crippen LogP contribution is -1.82. The number of benzene rings is 3. The summed E-state index contributed by atoms with van der Waals surface area (Å²) in [5.41, 5.74) is 6.09. The maximum atomic E-state index is 9.34. The molecule has 0 fully saturated rings. The molecule has 118 valence electrons. The molecule has 1 N–H and O–H groups in total. The Morgan fingerprint density at radius 1 is 0.565 bits per heavy atom. The molecule has 0 unspecified atom stereocenters. The van der Waals surface area contributed by atoms with Gasteiger partial charge < -0.3 is 5.11 Å². The fourth-order valence-corrected chi connectivity index (χ4v) is 2.44. The first kappa shape index (κ1) is 16.8. The summed E-state index contributed by atoms with van der Waals surface area (Å²) in [6.07, 6.45) is 1.07. The van der Waals surface area contributed by atoms with E-state index in [1.807, 2.05) is 26.0 Å². The molecule has 0 saturated carbocycles. The Bertz CT molecular complexity index is 707.